The summed E-state index contributed by atoms with van der Waals surface area (Å²) in [6.07, 6.45) is 2.11. The first-order chi connectivity index (χ1) is 13.9. The number of thiophene rings is 1. The molecule has 140 valence electrons. The van der Waals surface area contributed by atoms with Crippen LogP contribution in [0.3, 0.4) is 0 Å². The van der Waals surface area contributed by atoms with E-state index in [1.54, 1.807) is 11.3 Å². The second kappa shape index (κ2) is 7.50. The van der Waals surface area contributed by atoms with E-state index in [0.717, 1.165) is 41.5 Å². The summed E-state index contributed by atoms with van der Waals surface area (Å²) >= 11 is 1.71. The van der Waals surface area contributed by atoms with E-state index in [0.29, 0.717) is 6.79 Å². The number of aromatic nitrogens is 2. The molecule has 0 atom stereocenters. The highest BCUT2D eigenvalue weighted by Crippen LogP contribution is 2.32. The fraction of sp³-hybridized carbons (Fsp3) is 0.136. The largest absolute Gasteiger partial charge is 0.454 e. The number of nitrogens with one attached hydrogen (secondary N) is 1. The number of rotatable bonds is 6. The topological polar surface area (TPSA) is 48.3 Å². The van der Waals surface area contributed by atoms with Crippen molar-refractivity contribution in [2.75, 3.05) is 6.79 Å². The predicted molar refractivity (Wildman–Crippen MR) is 110 cm³/mol. The van der Waals surface area contributed by atoms with Gasteiger partial charge in [0, 0.05) is 24.8 Å². The van der Waals surface area contributed by atoms with Crippen LogP contribution in [0.25, 0.3) is 16.3 Å². The molecule has 0 fully saturated rings. The molecule has 1 N–H and O–H groups in total. The van der Waals surface area contributed by atoms with Crippen LogP contribution in [0.2, 0.25) is 0 Å². The minimum Gasteiger partial charge on any atom is -0.454 e. The summed E-state index contributed by atoms with van der Waals surface area (Å²) in [7, 11) is 0. The summed E-state index contributed by atoms with van der Waals surface area (Å²) in [6.45, 7) is 1.78. The number of benzene rings is 2. The first-order valence-electron chi connectivity index (χ1n) is 9.14. The number of ether oxygens (including phenoxy) is 2. The van der Waals surface area contributed by atoms with E-state index in [1.807, 2.05) is 35.0 Å². The predicted octanol–water partition coefficient (Wildman–Crippen LogP) is 4.62. The van der Waals surface area contributed by atoms with Crippen LogP contribution in [0.5, 0.6) is 11.5 Å². The molecule has 28 heavy (non-hydrogen) atoms. The normalized spacial score (nSPS) is 12.4. The molecule has 0 saturated carbocycles. The smallest absolute Gasteiger partial charge is 0.231 e. The Kier molecular flexibility index (Phi) is 4.56. The molecule has 0 saturated heterocycles. The van der Waals surface area contributed by atoms with Gasteiger partial charge in [0.25, 0.3) is 0 Å². The van der Waals surface area contributed by atoms with Crippen LogP contribution in [0.1, 0.15) is 11.1 Å². The van der Waals surface area contributed by atoms with Gasteiger partial charge in [0.2, 0.25) is 6.79 Å². The van der Waals surface area contributed by atoms with Crippen LogP contribution in [0.15, 0.2) is 72.2 Å². The van der Waals surface area contributed by atoms with Crippen LogP contribution in [0.4, 0.5) is 0 Å². The van der Waals surface area contributed by atoms with Crippen LogP contribution in [-0.4, -0.2) is 16.6 Å². The van der Waals surface area contributed by atoms with Crippen LogP contribution in [-0.2, 0) is 13.1 Å². The first-order valence-corrected chi connectivity index (χ1v) is 10.0. The lowest BCUT2D eigenvalue weighted by molar-refractivity contribution is 0.174. The van der Waals surface area contributed by atoms with Gasteiger partial charge in [-0.15, -0.1) is 11.3 Å². The maximum atomic E-state index is 5.46. The highest BCUT2D eigenvalue weighted by molar-refractivity contribution is 7.13. The average molecular weight is 389 g/mol. The summed E-state index contributed by atoms with van der Waals surface area (Å²) in [5.74, 6) is 1.63. The second-order valence-electron chi connectivity index (χ2n) is 6.55. The van der Waals surface area contributed by atoms with Gasteiger partial charge in [0.05, 0.1) is 10.6 Å². The Bertz CT molecular complexity index is 1070. The maximum absolute atomic E-state index is 5.46. The number of para-hydroxylation sites is 1. The molecule has 0 amide bonds. The van der Waals surface area contributed by atoms with Crippen LogP contribution in [0, 0.1) is 0 Å². The van der Waals surface area contributed by atoms with Crippen molar-refractivity contribution in [2.24, 2.45) is 0 Å². The van der Waals surface area contributed by atoms with Crippen molar-refractivity contribution in [3.63, 3.8) is 0 Å². The van der Waals surface area contributed by atoms with Crippen molar-refractivity contribution >= 4 is 11.3 Å². The number of hydrogen-bond acceptors (Lipinski definition) is 5. The van der Waals surface area contributed by atoms with Crippen LogP contribution >= 0.6 is 11.3 Å². The molecule has 1 aliphatic rings. The third-order valence-electron chi connectivity index (χ3n) is 4.65. The van der Waals surface area contributed by atoms with Crippen molar-refractivity contribution in [3.05, 3.63) is 83.4 Å². The van der Waals surface area contributed by atoms with Gasteiger partial charge in [-0.25, -0.2) is 4.68 Å². The summed E-state index contributed by atoms with van der Waals surface area (Å²) in [4.78, 5) is 1.18. The SMILES string of the molecule is c1ccc(-n2cc(CNCc3ccc4c(c3)OCO4)c(-c3cccs3)n2)cc1. The second-order valence-corrected chi connectivity index (χ2v) is 7.50. The van der Waals surface area contributed by atoms with E-state index in [1.165, 1.54) is 10.4 Å². The Morgan fingerprint density at radius 2 is 1.86 bits per heavy atom. The summed E-state index contributed by atoms with van der Waals surface area (Å²) in [6, 6.07) is 20.4. The molecule has 2 aromatic heterocycles. The van der Waals surface area contributed by atoms with E-state index in [2.05, 4.69) is 47.2 Å². The standard InChI is InChI=1S/C22H19N3O2S/c1-2-5-18(6-3-1)25-14-17(22(24-25)21-7-4-10-28-21)13-23-12-16-8-9-19-20(11-16)27-15-26-19/h1-11,14,23H,12-13,15H2. The first kappa shape index (κ1) is 17.0. The maximum Gasteiger partial charge on any atom is 0.231 e. The van der Waals surface area contributed by atoms with Crippen molar-refractivity contribution in [1.29, 1.82) is 0 Å². The molecule has 0 radical (unpaired) electrons. The molecule has 5 nitrogen and oxygen atoms in total. The Morgan fingerprint density at radius 1 is 0.964 bits per heavy atom. The highest BCUT2D eigenvalue weighted by Gasteiger charge is 2.15. The van der Waals surface area contributed by atoms with E-state index in [-0.39, 0.29) is 0 Å². The summed E-state index contributed by atoms with van der Waals surface area (Å²) in [5.41, 5.74) is 4.42. The highest BCUT2D eigenvalue weighted by atomic mass is 32.1. The van der Waals surface area contributed by atoms with Crippen molar-refractivity contribution in [2.45, 2.75) is 13.1 Å². The Balaban J connectivity index is 1.36. The lowest BCUT2D eigenvalue weighted by atomic mass is 10.2. The molecule has 6 heteroatoms. The molecular formula is C22H19N3O2S. The van der Waals surface area contributed by atoms with Crippen molar-refractivity contribution in [1.82, 2.24) is 15.1 Å². The average Bonchev–Trinajstić information content (AvgIpc) is 3.48. The third kappa shape index (κ3) is 3.40. The number of fused-ring (bicyclic) bond motifs is 1. The molecular weight excluding hydrogens is 370 g/mol. The third-order valence-corrected chi connectivity index (χ3v) is 5.52. The van der Waals surface area contributed by atoms with Gasteiger partial charge in [-0.05, 0) is 41.3 Å². The molecule has 0 unspecified atom stereocenters. The zero-order valence-corrected chi connectivity index (χ0v) is 16.0. The fourth-order valence-electron chi connectivity index (χ4n) is 3.27. The molecule has 0 spiro atoms. The number of hydrogen-bond donors (Lipinski definition) is 1. The molecule has 2 aromatic carbocycles. The summed E-state index contributed by atoms with van der Waals surface area (Å²) in [5, 5.41) is 10.5. The van der Waals surface area contributed by atoms with Gasteiger partial charge in [0.15, 0.2) is 11.5 Å². The zero-order valence-electron chi connectivity index (χ0n) is 15.2. The molecule has 5 rings (SSSR count). The lowest BCUT2D eigenvalue weighted by Crippen LogP contribution is -2.12. The Morgan fingerprint density at radius 3 is 2.71 bits per heavy atom. The van der Waals surface area contributed by atoms with Crippen molar-refractivity contribution < 1.29 is 9.47 Å². The van der Waals surface area contributed by atoms with Crippen LogP contribution < -0.4 is 14.8 Å². The molecule has 4 aromatic rings. The Hall–Kier alpha value is -3.09. The Labute approximate surface area is 167 Å². The van der Waals surface area contributed by atoms with E-state index in [4.69, 9.17) is 14.6 Å². The molecule has 1 aliphatic heterocycles. The zero-order chi connectivity index (χ0) is 18.8. The van der Waals surface area contributed by atoms with Gasteiger partial charge in [-0.1, -0.05) is 30.3 Å². The lowest BCUT2D eigenvalue weighted by Gasteiger charge is -2.06. The molecule has 0 bridgehead atoms. The minimum absolute atomic E-state index is 0.301. The van der Waals surface area contributed by atoms with Crippen molar-refractivity contribution in [3.8, 4) is 27.8 Å². The van der Waals surface area contributed by atoms with Gasteiger partial charge >= 0.3 is 0 Å². The monoisotopic (exact) mass is 389 g/mol. The molecule has 3 heterocycles. The van der Waals surface area contributed by atoms with Gasteiger partial charge in [-0.2, -0.15) is 5.10 Å². The van der Waals surface area contributed by atoms with Gasteiger partial charge in [0.1, 0.15) is 5.69 Å². The summed E-state index contributed by atoms with van der Waals surface area (Å²) < 4.78 is 12.8. The van der Waals surface area contributed by atoms with Gasteiger partial charge in [-0.3, -0.25) is 0 Å². The van der Waals surface area contributed by atoms with Gasteiger partial charge < -0.3 is 14.8 Å². The quantitative estimate of drug-likeness (QED) is 0.523. The fourth-order valence-corrected chi connectivity index (χ4v) is 4.01. The minimum atomic E-state index is 0.301. The van der Waals surface area contributed by atoms with E-state index in [9.17, 15) is 0 Å². The number of nitrogens with zero attached hydrogens (tertiary/aromatic N) is 2. The van der Waals surface area contributed by atoms with E-state index >= 15 is 0 Å². The molecule has 0 aliphatic carbocycles. The van der Waals surface area contributed by atoms with E-state index < -0.39 is 0 Å².